The summed E-state index contributed by atoms with van der Waals surface area (Å²) in [4.78, 5) is 11.7. The van der Waals surface area contributed by atoms with Gasteiger partial charge in [0.25, 0.3) is 0 Å². The van der Waals surface area contributed by atoms with Gasteiger partial charge in [-0.3, -0.25) is 4.79 Å². The van der Waals surface area contributed by atoms with Gasteiger partial charge in [0.2, 0.25) is 0 Å². The molecule has 23 heavy (non-hydrogen) atoms. The molecule has 0 bridgehead atoms. The maximum Gasteiger partial charge on any atom is 0.167 e. The summed E-state index contributed by atoms with van der Waals surface area (Å²) >= 11 is 0. The average molecular weight is 307 g/mol. The number of ether oxygens (including phenoxy) is 1. The van der Waals surface area contributed by atoms with Crippen molar-refractivity contribution in [2.24, 2.45) is 0 Å². The predicted octanol–water partition coefficient (Wildman–Crippen LogP) is 4.69. The van der Waals surface area contributed by atoms with Crippen LogP contribution >= 0.6 is 0 Å². The van der Waals surface area contributed by atoms with Gasteiger partial charge in [-0.05, 0) is 61.7 Å². The molecule has 0 aliphatic carbocycles. The van der Waals surface area contributed by atoms with Crippen LogP contribution in [0.5, 0.6) is 5.75 Å². The van der Waals surface area contributed by atoms with E-state index in [1.54, 1.807) is 0 Å². The van der Waals surface area contributed by atoms with E-state index in [0.29, 0.717) is 12.3 Å². The van der Waals surface area contributed by atoms with Crippen LogP contribution in [0, 0.1) is 6.92 Å². The number of aromatic nitrogens is 1. The fraction of sp³-hybridized carbons (Fsp3) is 0.250. The molecule has 0 spiro atoms. The van der Waals surface area contributed by atoms with Gasteiger partial charge in [0, 0.05) is 22.8 Å². The summed E-state index contributed by atoms with van der Waals surface area (Å²) in [5.41, 5.74) is 5.98. The van der Waals surface area contributed by atoms with Gasteiger partial charge in [-0.1, -0.05) is 13.0 Å². The van der Waals surface area contributed by atoms with Crippen molar-refractivity contribution < 1.29 is 9.53 Å². The molecule has 1 aromatic carbocycles. The zero-order chi connectivity index (χ0) is 16.4. The highest BCUT2D eigenvalue weighted by molar-refractivity contribution is 5.91. The Morgan fingerprint density at radius 3 is 2.61 bits per heavy atom. The molecule has 3 rings (SSSR count). The number of rotatable bonds is 5. The van der Waals surface area contributed by atoms with Gasteiger partial charge in [-0.15, -0.1) is 0 Å². The lowest BCUT2D eigenvalue weighted by Crippen LogP contribution is -1.97. The SMILES string of the molecule is CCOc1ccc(CC)cc1-c1cc2cc(C)ccn2c1C=O. The summed E-state index contributed by atoms with van der Waals surface area (Å²) in [6, 6.07) is 12.4. The lowest BCUT2D eigenvalue weighted by atomic mass is 10.0. The van der Waals surface area contributed by atoms with Crippen LogP contribution < -0.4 is 4.74 Å². The minimum Gasteiger partial charge on any atom is -0.493 e. The molecule has 0 saturated carbocycles. The van der Waals surface area contributed by atoms with Crippen molar-refractivity contribution in [1.29, 1.82) is 0 Å². The van der Waals surface area contributed by atoms with E-state index in [4.69, 9.17) is 4.74 Å². The third-order valence-electron chi connectivity index (χ3n) is 4.12. The Bertz CT molecular complexity index is 861. The molecule has 0 radical (unpaired) electrons. The van der Waals surface area contributed by atoms with Crippen LogP contribution in [0.3, 0.4) is 0 Å². The number of hydrogen-bond donors (Lipinski definition) is 0. The molecule has 3 aromatic rings. The number of hydrogen-bond acceptors (Lipinski definition) is 2. The van der Waals surface area contributed by atoms with E-state index in [0.717, 1.165) is 35.1 Å². The van der Waals surface area contributed by atoms with Crippen LogP contribution in [0.15, 0.2) is 42.6 Å². The molecule has 0 unspecified atom stereocenters. The van der Waals surface area contributed by atoms with Crippen LogP contribution in [0.25, 0.3) is 16.6 Å². The number of benzene rings is 1. The lowest BCUT2D eigenvalue weighted by molar-refractivity contribution is 0.111. The normalized spacial score (nSPS) is 10.9. The minimum atomic E-state index is 0.599. The molecule has 0 saturated heterocycles. The largest absolute Gasteiger partial charge is 0.493 e. The van der Waals surface area contributed by atoms with Crippen LogP contribution in [0.4, 0.5) is 0 Å². The van der Waals surface area contributed by atoms with E-state index in [1.165, 1.54) is 11.1 Å². The summed E-state index contributed by atoms with van der Waals surface area (Å²) in [6.07, 6.45) is 3.82. The Balaban J connectivity index is 2.28. The van der Waals surface area contributed by atoms with E-state index < -0.39 is 0 Å². The Hall–Kier alpha value is -2.55. The summed E-state index contributed by atoms with van der Waals surface area (Å²) < 4.78 is 7.72. The number of carbonyl (C=O) groups is 1. The second kappa shape index (κ2) is 6.29. The van der Waals surface area contributed by atoms with Crippen LogP contribution in [0.1, 0.15) is 35.5 Å². The van der Waals surface area contributed by atoms with Gasteiger partial charge < -0.3 is 9.14 Å². The van der Waals surface area contributed by atoms with E-state index >= 15 is 0 Å². The van der Waals surface area contributed by atoms with Gasteiger partial charge in [0.05, 0.1) is 12.3 Å². The molecule has 2 heterocycles. The molecule has 3 nitrogen and oxygen atoms in total. The van der Waals surface area contributed by atoms with E-state index in [-0.39, 0.29) is 0 Å². The van der Waals surface area contributed by atoms with Crippen molar-refractivity contribution in [3.05, 3.63) is 59.4 Å². The van der Waals surface area contributed by atoms with Crippen LogP contribution in [0.2, 0.25) is 0 Å². The van der Waals surface area contributed by atoms with Gasteiger partial charge in [-0.25, -0.2) is 0 Å². The first-order valence-corrected chi connectivity index (χ1v) is 8.01. The van der Waals surface area contributed by atoms with Crippen molar-refractivity contribution in [2.45, 2.75) is 27.2 Å². The van der Waals surface area contributed by atoms with Crippen molar-refractivity contribution >= 4 is 11.8 Å². The highest BCUT2D eigenvalue weighted by Crippen LogP contribution is 2.35. The molecule has 2 aromatic heterocycles. The average Bonchev–Trinajstić information content (AvgIpc) is 2.92. The van der Waals surface area contributed by atoms with Crippen molar-refractivity contribution in [3.8, 4) is 16.9 Å². The fourth-order valence-electron chi connectivity index (χ4n) is 2.94. The highest BCUT2D eigenvalue weighted by atomic mass is 16.5. The third-order valence-corrected chi connectivity index (χ3v) is 4.12. The summed E-state index contributed by atoms with van der Waals surface area (Å²) in [5.74, 6) is 0.820. The first-order chi connectivity index (χ1) is 11.2. The van der Waals surface area contributed by atoms with Gasteiger partial charge in [-0.2, -0.15) is 0 Å². The fourth-order valence-corrected chi connectivity index (χ4v) is 2.94. The van der Waals surface area contributed by atoms with Crippen molar-refractivity contribution in [3.63, 3.8) is 0 Å². The number of carbonyl (C=O) groups excluding carboxylic acids is 1. The number of fused-ring (bicyclic) bond motifs is 1. The zero-order valence-corrected chi connectivity index (χ0v) is 13.8. The Kier molecular flexibility index (Phi) is 4.20. The third kappa shape index (κ3) is 2.74. The number of aldehydes is 1. The first kappa shape index (κ1) is 15.3. The molecule has 0 atom stereocenters. The van der Waals surface area contributed by atoms with Gasteiger partial charge >= 0.3 is 0 Å². The number of aryl methyl sites for hydroxylation is 2. The molecule has 118 valence electrons. The Morgan fingerprint density at radius 2 is 1.91 bits per heavy atom. The Labute approximate surface area is 136 Å². The quantitative estimate of drug-likeness (QED) is 0.640. The molecule has 3 heteroatoms. The molecule has 0 N–H and O–H groups in total. The molecular formula is C20H21NO2. The second-order valence-electron chi connectivity index (χ2n) is 5.68. The minimum absolute atomic E-state index is 0.599. The first-order valence-electron chi connectivity index (χ1n) is 8.01. The monoisotopic (exact) mass is 307 g/mol. The number of pyridine rings is 1. The molecule has 0 amide bonds. The molecular weight excluding hydrogens is 286 g/mol. The van der Waals surface area contributed by atoms with E-state index in [9.17, 15) is 4.79 Å². The van der Waals surface area contributed by atoms with Crippen LogP contribution in [-0.4, -0.2) is 17.3 Å². The maximum absolute atomic E-state index is 11.7. The molecule has 0 aliphatic heterocycles. The summed E-state index contributed by atoms with van der Waals surface area (Å²) in [5, 5.41) is 0. The van der Waals surface area contributed by atoms with E-state index in [1.807, 2.05) is 29.7 Å². The summed E-state index contributed by atoms with van der Waals surface area (Å²) in [7, 11) is 0. The van der Waals surface area contributed by atoms with E-state index in [2.05, 4.69) is 38.1 Å². The van der Waals surface area contributed by atoms with Crippen molar-refractivity contribution in [2.75, 3.05) is 6.61 Å². The maximum atomic E-state index is 11.7. The second-order valence-corrected chi connectivity index (χ2v) is 5.68. The lowest BCUT2D eigenvalue weighted by Gasteiger charge is -2.11. The highest BCUT2D eigenvalue weighted by Gasteiger charge is 2.16. The number of nitrogens with zero attached hydrogens (tertiary/aromatic N) is 1. The molecule has 0 fully saturated rings. The van der Waals surface area contributed by atoms with Crippen molar-refractivity contribution in [1.82, 2.24) is 4.40 Å². The standard InChI is InChI=1S/C20H21NO2/c1-4-15-6-7-20(23-5-2)18(11-15)17-12-16-10-14(3)8-9-21(16)19(17)13-22/h6-13H,4-5H2,1-3H3. The topological polar surface area (TPSA) is 30.7 Å². The summed E-state index contributed by atoms with van der Waals surface area (Å²) in [6.45, 7) is 6.75. The smallest absolute Gasteiger partial charge is 0.167 e. The Morgan fingerprint density at radius 1 is 1.09 bits per heavy atom. The van der Waals surface area contributed by atoms with Crippen LogP contribution in [-0.2, 0) is 6.42 Å². The molecule has 0 aliphatic rings. The van der Waals surface area contributed by atoms with Gasteiger partial charge in [0.1, 0.15) is 5.75 Å². The zero-order valence-electron chi connectivity index (χ0n) is 13.8. The predicted molar refractivity (Wildman–Crippen MR) is 93.5 cm³/mol. The van der Waals surface area contributed by atoms with Gasteiger partial charge in [0.15, 0.2) is 6.29 Å².